The molecule has 170 valence electrons. The Bertz CT molecular complexity index is 1320. The Hall–Kier alpha value is -3.07. The van der Waals surface area contributed by atoms with Crippen molar-refractivity contribution in [1.29, 1.82) is 0 Å². The van der Waals surface area contributed by atoms with E-state index in [0.717, 1.165) is 22.5 Å². The van der Waals surface area contributed by atoms with Gasteiger partial charge >= 0.3 is 0 Å². The quantitative estimate of drug-likeness (QED) is 0.569. The number of para-hydroxylation sites is 1. The van der Waals surface area contributed by atoms with Crippen LogP contribution in [0, 0.1) is 0 Å². The van der Waals surface area contributed by atoms with E-state index >= 15 is 0 Å². The fourth-order valence-electron chi connectivity index (χ4n) is 5.82. The fourth-order valence-corrected chi connectivity index (χ4v) is 7.94. The van der Waals surface area contributed by atoms with Crippen LogP contribution in [0.15, 0.2) is 79.0 Å². The number of anilines is 1. The maximum absolute atomic E-state index is 14.6. The van der Waals surface area contributed by atoms with Crippen LogP contribution in [0.3, 0.4) is 0 Å². The first-order valence-electron chi connectivity index (χ1n) is 11.1. The summed E-state index contributed by atoms with van der Waals surface area (Å²) in [5.74, 6) is -0.662. The lowest BCUT2D eigenvalue weighted by atomic mass is 9.73. The molecule has 2 amide bonds. The van der Waals surface area contributed by atoms with Crippen molar-refractivity contribution in [3.63, 3.8) is 0 Å². The second-order valence-corrected chi connectivity index (χ2v) is 10.8. The number of thioether (sulfide) groups is 1. The van der Waals surface area contributed by atoms with Crippen molar-refractivity contribution in [2.75, 3.05) is 18.9 Å². The number of aromatic nitrogens is 1. The minimum Gasteiger partial charge on any atom is -0.324 e. The minimum absolute atomic E-state index is 0.141. The summed E-state index contributed by atoms with van der Waals surface area (Å²) in [4.78, 5) is 36.8. The van der Waals surface area contributed by atoms with Gasteiger partial charge < -0.3 is 5.32 Å². The number of fused-ring (bicyclic) bond motifs is 3. The van der Waals surface area contributed by atoms with Gasteiger partial charge in [-0.2, -0.15) is 0 Å². The molecule has 3 aliphatic rings. The summed E-state index contributed by atoms with van der Waals surface area (Å²) in [7, 11) is 1.92. The maximum atomic E-state index is 14.6. The number of thiocarbonyl (C=S) groups is 1. The standard InChI is InChI=1S/C26H22N4O2S2/c1-29-16-19(20-12-7-8-14-27-20)26(25(29)18-11-5-6-13-21(18)28-22(25)31)23(32)30(24(33)34-26)15-17-9-3-2-4-10-17/h2-14,19H,15-16H2,1H3,(H,28,31)/t19-,25-,26-/m1/s1. The molecule has 0 unspecified atom stereocenters. The molecule has 6 nitrogen and oxygen atoms in total. The number of pyridine rings is 1. The zero-order valence-electron chi connectivity index (χ0n) is 18.5. The minimum atomic E-state index is -1.21. The van der Waals surface area contributed by atoms with Gasteiger partial charge in [0.05, 0.1) is 6.54 Å². The van der Waals surface area contributed by atoms with Gasteiger partial charge in [0, 0.05) is 35.6 Å². The topological polar surface area (TPSA) is 65.5 Å². The van der Waals surface area contributed by atoms with Crippen LogP contribution in [-0.4, -0.2) is 49.3 Å². The lowest BCUT2D eigenvalue weighted by Crippen LogP contribution is -2.61. The Kier molecular flexibility index (Phi) is 4.88. The van der Waals surface area contributed by atoms with Crippen LogP contribution in [0.2, 0.25) is 0 Å². The second-order valence-electron chi connectivity index (χ2n) is 8.88. The van der Waals surface area contributed by atoms with Crippen molar-refractivity contribution in [1.82, 2.24) is 14.8 Å². The molecule has 6 rings (SSSR count). The number of benzene rings is 2. The lowest BCUT2D eigenvalue weighted by molar-refractivity contribution is -0.138. The van der Waals surface area contributed by atoms with Crippen molar-refractivity contribution in [2.24, 2.45) is 0 Å². The Balaban J connectivity index is 1.57. The third-order valence-electron chi connectivity index (χ3n) is 7.21. The van der Waals surface area contributed by atoms with E-state index in [1.54, 1.807) is 11.1 Å². The number of nitrogens with one attached hydrogen (secondary N) is 1. The molecule has 0 bridgehead atoms. The molecule has 8 heteroatoms. The number of likely N-dealkylation sites (N-methyl/N-ethyl adjacent to an activating group) is 1. The lowest BCUT2D eigenvalue weighted by Gasteiger charge is -2.41. The molecule has 4 heterocycles. The molecule has 34 heavy (non-hydrogen) atoms. The zero-order valence-corrected chi connectivity index (χ0v) is 20.1. The SMILES string of the molecule is CN1C[C@H](c2ccccn2)[C@]2(SC(=S)N(Cc3ccccc3)C2=O)[C@@]12C(=O)Nc1ccccc12. The molecular formula is C26H22N4O2S2. The smallest absolute Gasteiger partial charge is 0.251 e. The van der Waals surface area contributed by atoms with Crippen molar-refractivity contribution < 1.29 is 9.59 Å². The van der Waals surface area contributed by atoms with Crippen molar-refractivity contribution in [3.8, 4) is 0 Å². The molecule has 2 spiro atoms. The largest absolute Gasteiger partial charge is 0.324 e. The first-order valence-corrected chi connectivity index (χ1v) is 12.3. The highest BCUT2D eigenvalue weighted by Gasteiger charge is 2.77. The molecule has 3 aliphatic heterocycles. The Morgan fingerprint density at radius 3 is 2.56 bits per heavy atom. The summed E-state index contributed by atoms with van der Waals surface area (Å²) in [5.41, 5.74) is 2.12. The predicted octanol–water partition coefficient (Wildman–Crippen LogP) is 3.76. The molecule has 0 aliphatic carbocycles. The van der Waals surface area contributed by atoms with E-state index in [2.05, 4.69) is 10.3 Å². The average Bonchev–Trinajstić information content (AvgIpc) is 3.40. The third kappa shape index (κ3) is 2.67. The van der Waals surface area contributed by atoms with Gasteiger partial charge in [0.1, 0.15) is 9.07 Å². The molecule has 0 saturated carbocycles. The van der Waals surface area contributed by atoms with E-state index in [9.17, 15) is 9.59 Å². The average molecular weight is 487 g/mol. The van der Waals surface area contributed by atoms with E-state index in [4.69, 9.17) is 12.2 Å². The second kappa shape index (κ2) is 7.73. The summed E-state index contributed by atoms with van der Waals surface area (Å²) in [6.07, 6.45) is 1.74. The molecule has 2 saturated heterocycles. The number of rotatable bonds is 3. The predicted molar refractivity (Wildman–Crippen MR) is 136 cm³/mol. The number of carbonyl (C=O) groups is 2. The first kappa shape index (κ1) is 21.5. The van der Waals surface area contributed by atoms with Gasteiger partial charge in [-0.15, -0.1) is 0 Å². The van der Waals surface area contributed by atoms with Crippen LogP contribution in [-0.2, 0) is 21.7 Å². The molecular weight excluding hydrogens is 464 g/mol. The number of hydrogen-bond donors (Lipinski definition) is 1. The number of carbonyl (C=O) groups excluding carboxylic acids is 2. The highest BCUT2D eigenvalue weighted by molar-refractivity contribution is 8.25. The molecule has 2 aromatic carbocycles. The number of likely N-dealkylation sites (tertiary alicyclic amines) is 1. The summed E-state index contributed by atoms with van der Waals surface area (Å²) < 4.78 is -0.694. The number of hydrogen-bond acceptors (Lipinski definition) is 6. The van der Waals surface area contributed by atoms with Crippen LogP contribution >= 0.6 is 24.0 Å². The Labute approximate surface area is 207 Å². The summed E-state index contributed by atoms with van der Waals surface area (Å²) in [6.45, 7) is 0.866. The van der Waals surface area contributed by atoms with Crippen LogP contribution in [0.25, 0.3) is 0 Å². The van der Waals surface area contributed by atoms with Gasteiger partial charge in [-0.3, -0.25) is 24.4 Å². The van der Waals surface area contributed by atoms with Gasteiger partial charge in [-0.1, -0.05) is 78.6 Å². The van der Waals surface area contributed by atoms with Crippen molar-refractivity contribution in [2.45, 2.75) is 22.7 Å². The summed E-state index contributed by atoms with van der Waals surface area (Å²) in [6, 6.07) is 23.2. The molecule has 2 fully saturated rings. The van der Waals surface area contributed by atoms with E-state index in [-0.39, 0.29) is 17.7 Å². The monoisotopic (exact) mass is 486 g/mol. The Morgan fingerprint density at radius 2 is 1.79 bits per heavy atom. The zero-order chi connectivity index (χ0) is 23.5. The number of amides is 2. The molecule has 1 aromatic heterocycles. The van der Waals surface area contributed by atoms with Gasteiger partial charge in [0.2, 0.25) is 5.91 Å². The van der Waals surface area contributed by atoms with E-state index in [0.29, 0.717) is 17.4 Å². The van der Waals surface area contributed by atoms with Gasteiger partial charge in [0.25, 0.3) is 5.91 Å². The van der Waals surface area contributed by atoms with Gasteiger partial charge in [-0.25, -0.2) is 0 Å². The van der Waals surface area contributed by atoms with Crippen molar-refractivity contribution in [3.05, 3.63) is 95.8 Å². The van der Waals surface area contributed by atoms with Crippen LogP contribution < -0.4 is 5.32 Å². The maximum Gasteiger partial charge on any atom is 0.251 e. The first-order chi connectivity index (χ1) is 16.5. The fraction of sp³-hybridized carbons (Fsp3) is 0.231. The summed E-state index contributed by atoms with van der Waals surface area (Å²) in [5, 5.41) is 3.06. The third-order valence-corrected chi connectivity index (χ3v) is 9.15. The molecule has 1 N–H and O–H groups in total. The van der Waals surface area contributed by atoms with E-state index in [1.165, 1.54) is 11.8 Å². The van der Waals surface area contributed by atoms with Crippen molar-refractivity contribution >= 4 is 45.8 Å². The highest BCUT2D eigenvalue weighted by atomic mass is 32.2. The van der Waals surface area contributed by atoms with Crippen LogP contribution in [0.1, 0.15) is 22.7 Å². The van der Waals surface area contributed by atoms with Gasteiger partial charge in [-0.05, 0) is 30.8 Å². The molecule has 3 aromatic rings. The Morgan fingerprint density at radius 1 is 1.06 bits per heavy atom. The normalized spacial score (nSPS) is 28.2. The molecule has 0 radical (unpaired) electrons. The van der Waals surface area contributed by atoms with Crippen LogP contribution in [0.4, 0.5) is 5.69 Å². The molecule has 3 atom stereocenters. The van der Waals surface area contributed by atoms with Gasteiger partial charge in [0.15, 0.2) is 5.54 Å². The van der Waals surface area contributed by atoms with E-state index in [1.807, 2.05) is 84.7 Å². The van der Waals surface area contributed by atoms with Crippen LogP contribution in [0.5, 0.6) is 0 Å². The summed E-state index contributed by atoms with van der Waals surface area (Å²) >= 11 is 7.17. The number of nitrogens with zero attached hydrogens (tertiary/aromatic N) is 3. The highest BCUT2D eigenvalue weighted by Crippen LogP contribution is 2.65. The van der Waals surface area contributed by atoms with E-state index < -0.39 is 10.3 Å².